The minimum atomic E-state index is -0.342. The highest BCUT2D eigenvalue weighted by Gasteiger charge is 2.26. The lowest BCUT2D eigenvalue weighted by molar-refractivity contribution is 0.0692. The second-order valence-corrected chi connectivity index (χ2v) is 8.13. The number of nitrogens with one attached hydrogen (secondary N) is 1. The van der Waals surface area contributed by atoms with E-state index in [2.05, 4.69) is 15.6 Å². The number of piperidine rings is 1. The topological polar surface area (TPSA) is 80.1 Å². The van der Waals surface area contributed by atoms with Gasteiger partial charge in [0.05, 0.1) is 11.9 Å². The van der Waals surface area contributed by atoms with Gasteiger partial charge in [-0.15, -0.1) is 5.10 Å². The maximum absolute atomic E-state index is 13.1. The van der Waals surface area contributed by atoms with Crippen LogP contribution in [0.4, 0.5) is 4.39 Å². The van der Waals surface area contributed by atoms with Gasteiger partial charge in [0.15, 0.2) is 5.69 Å². The predicted octanol–water partition coefficient (Wildman–Crippen LogP) is 3.59. The summed E-state index contributed by atoms with van der Waals surface area (Å²) in [6.07, 6.45) is 2.87. The lowest BCUT2D eigenvalue weighted by atomic mass is 10.0. The van der Waals surface area contributed by atoms with Crippen LogP contribution in [0.2, 0.25) is 0 Å². The van der Waals surface area contributed by atoms with Crippen molar-refractivity contribution in [2.45, 2.75) is 18.9 Å². The van der Waals surface area contributed by atoms with Crippen molar-refractivity contribution in [2.75, 3.05) is 13.1 Å². The van der Waals surface area contributed by atoms with Gasteiger partial charge in [0.2, 0.25) is 0 Å². The Kier molecular flexibility index (Phi) is 5.56. The molecular formula is C25H22FN5O2. The van der Waals surface area contributed by atoms with E-state index in [9.17, 15) is 14.0 Å². The number of carbonyl (C=O) groups is 2. The molecule has 0 unspecified atom stereocenters. The summed E-state index contributed by atoms with van der Waals surface area (Å²) in [5.41, 5.74) is 1.49. The van der Waals surface area contributed by atoms with Crippen molar-refractivity contribution in [3.05, 3.63) is 90.0 Å². The molecule has 0 saturated carbocycles. The zero-order valence-corrected chi connectivity index (χ0v) is 17.8. The highest BCUT2D eigenvalue weighted by Crippen LogP contribution is 2.18. The normalized spacial score (nSPS) is 14.4. The summed E-state index contributed by atoms with van der Waals surface area (Å²) in [7, 11) is 0. The van der Waals surface area contributed by atoms with E-state index >= 15 is 0 Å². The van der Waals surface area contributed by atoms with Crippen LogP contribution in [0, 0.1) is 5.82 Å². The molecule has 166 valence electrons. The molecule has 3 aromatic carbocycles. The number of aromatic nitrogens is 3. The molecule has 7 nitrogen and oxygen atoms in total. The number of rotatable bonds is 4. The number of benzene rings is 3. The second kappa shape index (κ2) is 8.82. The average Bonchev–Trinajstić information content (AvgIpc) is 3.34. The number of nitrogens with zero attached hydrogens (tertiary/aromatic N) is 4. The molecule has 1 saturated heterocycles. The van der Waals surface area contributed by atoms with E-state index in [1.165, 1.54) is 16.8 Å². The second-order valence-electron chi connectivity index (χ2n) is 8.13. The Morgan fingerprint density at radius 3 is 2.42 bits per heavy atom. The van der Waals surface area contributed by atoms with Crippen LogP contribution in [0.1, 0.15) is 33.7 Å². The highest BCUT2D eigenvalue weighted by molar-refractivity contribution is 5.98. The smallest absolute Gasteiger partial charge is 0.276 e. The molecule has 1 aromatic heterocycles. The van der Waals surface area contributed by atoms with Crippen LogP contribution in [-0.4, -0.2) is 50.8 Å². The fraction of sp³-hybridized carbons (Fsp3) is 0.200. The molecule has 1 fully saturated rings. The van der Waals surface area contributed by atoms with E-state index in [1.54, 1.807) is 23.2 Å². The third-order valence-corrected chi connectivity index (χ3v) is 5.93. The molecule has 5 rings (SSSR count). The largest absolute Gasteiger partial charge is 0.349 e. The minimum Gasteiger partial charge on any atom is -0.349 e. The summed E-state index contributed by atoms with van der Waals surface area (Å²) in [4.78, 5) is 27.3. The lowest BCUT2D eigenvalue weighted by Crippen LogP contribution is -2.46. The Bertz CT molecular complexity index is 1310. The molecule has 1 N–H and O–H groups in total. The van der Waals surface area contributed by atoms with Crippen molar-refractivity contribution in [3.8, 4) is 5.69 Å². The molecule has 1 aliphatic heterocycles. The summed E-state index contributed by atoms with van der Waals surface area (Å²) < 4.78 is 14.6. The fourth-order valence-electron chi connectivity index (χ4n) is 4.07. The van der Waals surface area contributed by atoms with E-state index in [4.69, 9.17) is 0 Å². The third kappa shape index (κ3) is 4.45. The van der Waals surface area contributed by atoms with E-state index in [0.717, 1.165) is 10.8 Å². The molecule has 2 heterocycles. The molecule has 0 radical (unpaired) electrons. The molecule has 2 amide bonds. The molecular weight excluding hydrogens is 421 g/mol. The van der Waals surface area contributed by atoms with Gasteiger partial charge in [-0.2, -0.15) is 0 Å². The number of hydrogen-bond acceptors (Lipinski definition) is 4. The maximum Gasteiger partial charge on any atom is 0.276 e. The van der Waals surface area contributed by atoms with Crippen LogP contribution < -0.4 is 5.32 Å². The Hall–Kier alpha value is -4.07. The van der Waals surface area contributed by atoms with Crippen LogP contribution >= 0.6 is 0 Å². The quantitative estimate of drug-likeness (QED) is 0.523. The Morgan fingerprint density at radius 1 is 0.939 bits per heavy atom. The summed E-state index contributed by atoms with van der Waals surface area (Å²) in [5, 5.41) is 13.2. The molecule has 33 heavy (non-hydrogen) atoms. The van der Waals surface area contributed by atoms with Gasteiger partial charge in [-0.1, -0.05) is 35.5 Å². The molecule has 8 heteroatoms. The number of carbonyl (C=O) groups excluding carboxylic acids is 2. The van der Waals surface area contributed by atoms with E-state index in [-0.39, 0.29) is 29.4 Å². The number of fused-ring (bicyclic) bond motifs is 1. The Balaban J connectivity index is 1.18. The first-order valence-corrected chi connectivity index (χ1v) is 10.8. The van der Waals surface area contributed by atoms with Gasteiger partial charge in [-0.05, 0) is 60.0 Å². The maximum atomic E-state index is 13.1. The molecule has 0 bridgehead atoms. The van der Waals surface area contributed by atoms with Crippen LogP contribution in [0.25, 0.3) is 16.5 Å². The molecule has 4 aromatic rings. The Labute approximate surface area is 189 Å². The summed E-state index contributed by atoms with van der Waals surface area (Å²) in [5.74, 6) is -0.652. The summed E-state index contributed by atoms with van der Waals surface area (Å²) >= 11 is 0. The van der Waals surface area contributed by atoms with Gasteiger partial charge in [0, 0.05) is 24.7 Å². The van der Waals surface area contributed by atoms with Gasteiger partial charge >= 0.3 is 0 Å². The highest BCUT2D eigenvalue weighted by atomic mass is 19.1. The molecule has 0 spiro atoms. The van der Waals surface area contributed by atoms with Gasteiger partial charge in [0.25, 0.3) is 11.8 Å². The van der Waals surface area contributed by atoms with Crippen LogP contribution in [-0.2, 0) is 0 Å². The van der Waals surface area contributed by atoms with Crippen molar-refractivity contribution < 1.29 is 14.0 Å². The van der Waals surface area contributed by atoms with E-state index in [0.29, 0.717) is 37.2 Å². The SMILES string of the molecule is O=C(NC1CCN(C(=O)c2cn(-c3ccc(F)cc3)nn2)CC1)c1ccc2ccccc2c1. The molecule has 1 aliphatic rings. The van der Waals surface area contributed by atoms with Crippen molar-refractivity contribution in [1.82, 2.24) is 25.2 Å². The van der Waals surface area contributed by atoms with Crippen LogP contribution in [0.5, 0.6) is 0 Å². The van der Waals surface area contributed by atoms with Crippen LogP contribution in [0.15, 0.2) is 72.9 Å². The van der Waals surface area contributed by atoms with Gasteiger partial charge in [-0.25, -0.2) is 9.07 Å². The number of hydrogen-bond donors (Lipinski definition) is 1. The summed E-state index contributed by atoms with van der Waals surface area (Å²) in [6, 6.07) is 19.4. The third-order valence-electron chi connectivity index (χ3n) is 5.93. The minimum absolute atomic E-state index is 0.00270. The van der Waals surface area contributed by atoms with E-state index < -0.39 is 0 Å². The van der Waals surface area contributed by atoms with Gasteiger partial charge in [-0.3, -0.25) is 9.59 Å². The summed E-state index contributed by atoms with van der Waals surface area (Å²) in [6.45, 7) is 1.04. The zero-order valence-electron chi connectivity index (χ0n) is 17.8. The van der Waals surface area contributed by atoms with Crippen LogP contribution in [0.3, 0.4) is 0 Å². The first kappa shape index (κ1) is 20.8. The Morgan fingerprint density at radius 2 is 1.67 bits per heavy atom. The van der Waals surface area contributed by atoms with Gasteiger partial charge in [0.1, 0.15) is 5.82 Å². The average molecular weight is 443 g/mol. The zero-order chi connectivity index (χ0) is 22.8. The van der Waals surface area contributed by atoms with Gasteiger partial charge < -0.3 is 10.2 Å². The number of likely N-dealkylation sites (tertiary alicyclic amines) is 1. The van der Waals surface area contributed by atoms with Crippen molar-refractivity contribution >= 4 is 22.6 Å². The fourth-order valence-corrected chi connectivity index (χ4v) is 4.07. The monoisotopic (exact) mass is 443 g/mol. The lowest BCUT2D eigenvalue weighted by Gasteiger charge is -2.32. The van der Waals surface area contributed by atoms with Crippen molar-refractivity contribution in [2.24, 2.45) is 0 Å². The predicted molar refractivity (Wildman–Crippen MR) is 122 cm³/mol. The first-order valence-electron chi connectivity index (χ1n) is 10.8. The number of halogens is 1. The van der Waals surface area contributed by atoms with Crippen molar-refractivity contribution in [1.29, 1.82) is 0 Å². The standard InChI is InChI=1S/C25H22FN5O2/c26-20-7-9-22(10-8-20)31-16-23(28-29-31)25(33)30-13-11-21(12-14-30)27-24(32)19-6-5-17-3-1-2-4-18(17)15-19/h1-10,15-16,21H,11-14H2,(H,27,32). The van der Waals surface area contributed by atoms with E-state index in [1.807, 2.05) is 42.5 Å². The number of amides is 2. The molecule has 0 aliphatic carbocycles. The first-order chi connectivity index (χ1) is 16.1. The molecule has 0 atom stereocenters. The van der Waals surface area contributed by atoms with Crippen molar-refractivity contribution in [3.63, 3.8) is 0 Å².